The Morgan fingerprint density at radius 3 is 2.57 bits per heavy atom. The van der Waals surface area contributed by atoms with E-state index in [0.717, 1.165) is 56.8 Å². The van der Waals surface area contributed by atoms with Gasteiger partial charge < -0.3 is 14.8 Å². The number of nitrogens with zero attached hydrogens (tertiary/aromatic N) is 1. The number of carbonyl (C=O) groups is 1. The summed E-state index contributed by atoms with van der Waals surface area (Å²) in [6.07, 6.45) is 3.07. The molecule has 1 aliphatic carbocycles. The minimum Gasteiger partial charge on any atom is -0.497 e. The highest BCUT2D eigenvalue weighted by Crippen LogP contribution is 2.52. The number of ketones is 1. The molecule has 0 saturated carbocycles. The van der Waals surface area contributed by atoms with Gasteiger partial charge in [-0.25, -0.2) is 0 Å². The van der Waals surface area contributed by atoms with Gasteiger partial charge in [0.1, 0.15) is 11.5 Å². The quantitative estimate of drug-likeness (QED) is 0.385. The summed E-state index contributed by atoms with van der Waals surface area (Å²) in [5.41, 5.74) is 7.00. The number of pyridine rings is 1. The first-order valence-corrected chi connectivity index (χ1v) is 11.9. The van der Waals surface area contributed by atoms with Crippen molar-refractivity contribution in [2.45, 2.75) is 24.8 Å². The summed E-state index contributed by atoms with van der Waals surface area (Å²) in [5, 5.41) is 4.73. The van der Waals surface area contributed by atoms with Crippen molar-refractivity contribution in [2.24, 2.45) is 0 Å². The highest BCUT2D eigenvalue weighted by Gasteiger charge is 2.39. The summed E-state index contributed by atoms with van der Waals surface area (Å²) in [6, 6.07) is 23.9. The van der Waals surface area contributed by atoms with Gasteiger partial charge in [0.15, 0.2) is 5.78 Å². The summed E-state index contributed by atoms with van der Waals surface area (Å²) in [5.74, 6) is 1.74. The van der Waals surface area contributed by atoms with E-state index in [4.69, 9.17) is 9.47 Å². The van der Waals surface area contributed by atoms with Gasteiger partial charge in [0.25, 0.3) is 0 Å². The Morgan fingerprint density at radius 2 is 1.77 bits per heavy atom. The molecule has 0 unspecified atom stereocenters. The molecule has 1 N–H and O–H groups in total. The molecule has 6 rings (SSSR count). The van der Waals surface area contributed by atoms with Crippen LogP contribution in [0.2, 0.25) is 0 Å². The van der Waals surface area contributed by atoms with Gasteiger partial charge in [0.2, 0.25) is 0 Å². The number of rotatable bonds is 4. The van der Waals surface area contributed by atoms with E-state index in [2.05, 4.69) is 34.6 Å². The Kier molecular flexibility index (Phi) is 5.25. The number of anilines is 1. The van der Waals surface area contributed by atoms with Gasteiger partial charge in [-0.15, -0.1) is 0 Å². The van der Waals surface area contributed by atoms with Crippen molar-refractivity contribution >= 4 is 27.9 Å². The fourth-order valence-electron chi connectivity index (χ4n) is 5.59. The third-order valence-electron chi connectivity index (χ3n) is 7.20. The summed E-state index contributed by atoms with van der Waals surface area (Å²) < 4.78 is 11.2. The lowest BCUT2D eigenvalue weighted by Gasteiger charge is -2.37. The molecule has 174 valence electrons. The number of methoxy groups -OCH3 is 2. The van der Waals surface area contributed by atoms with Gasteiger partial charge in [-0.3, -0.25) is 9.78 Å². The summed E-state index contributed by atoms with van der Waals surface area (Å²) >= 11 is 0. The molecule has 5 heteroatoms. The largest absolute Gasteiger partial charge is 0.497 e. The van der Waals surface area contributed by atoms with Crippen molar-refractivity contribution in [3.63, 3.8) is 0 Å². The third kappa shape index (κ3) is 3.55. The van der Waals surface area contributed by atoms with E-state index < -0.39 is 0 Å². The normalized spacial score (nSPS) is 19.1. The van der Waals surface area contributed by atoms with Crippen molar-refractivity contribution in [1.82, 2.24) is 4.98 Å². The molecular weight excluding hydrogens is 436 g/mol. The van der Waals surface area contributed by atoms with Gasteiger partial charge in [-0.05, 0) is 59.9 Å². The molecule has 2 atom stereocenters. The SMILES string of the molecule is COc1ccc(OC)c([C@@H]2Nc3ccc4ncccc4c3C3=C2C(=O)C[C@H](c2ccccc2)C3)c1. The number of ether oxygens (including phenoxy) is 2. The number of carbonyl (C=O) groups excluding carboxylic acids is 1. The van der Waals surface area contributed by atoms with Crippen molar-refractivity contribution in [2.75, 3.05) is 19.5 Å². The second kappa shape index (κ2) is 8.58. The van der Waals surface area contributed by atoms with Crippen LogP contribution >= 0.6 is 0 Å². The number of benzene rings is 3. The maximum absolute atomic E-state index is 13.9. The van der Waals surface area contributed by atoms with Crippen molar-refractivity contribution < 1.29 is 14.3 Å². The molecule has 0 saturated heterocycles. The van der Waals surface area contributed by atoms with Gasteiger partial charge in [0.05, 0.1) is 25.8 Å². The average molecular weight is 463 g/mol. The van der Waals surface area contributed by atoms with E-state index in [1.807, 2.05) is 54.7 Å². The maximum Gasteiger partial charge on any atom is 0.162 e. The first kappa shape index (κ1) is 21.4. The van der Waals surface area contributed by atoms with Crippen LogP contribution in [0.1, 0.15) is 41.5 Å². The summed E-state index contributed by atoms with van der Waals surface area (Å²) in [7, 11) is 3.31. The van der Waals surface area contributed by atoms with Gasteiger partial charge in [-0.1, -0.05) is 36.4 Å². The average Bonchev–Trinajstić information content (AvgIpc) is 2.92. The summed E-state index contributed by atoms with van der Waals surface area (Å²) in [4.78, 5) is 18.5. The number of aromatic nitrogens is 1. The number of nitrogens with one attached hydrogen (secondary N) is 1. The topological polar surface area (TPSA) is 60.5 Å². The maximum atomic E-state index is 13.9. The Balaban J connectivity index is 1.60. The van der Waals surface area contributed by atoms with E-state index >= 15 is 0 Å². The molecule has 0 bridgehead atoms. The predicted molar refractivity (Wildman–Crippen MR) is 138 cm³/mol. The van der Waals surface area contributed by atoms with Crippen LogP contribution in [0.5, 0.6) is 11.5 Å². The lowest BCUT2D eigenvalue weighted by molar-refractivity contribution is -0.116. The standard InChI is InChI=1S/C30H26N2O3/c1-34-20-10-13-27(35-2)22(17-20)30-29-23(15-19(16-26(29)33)18-7-4-3-5-8-18)28-21-9-6-14-31-24(21)11-12-25(28)32-30/h3-14,17,19,30,32H,15-16H2,1-2H3/t19-,30+/m1/s1. The lowest BCUT2D eigenvalue weighted by atomic mass is 9.71. The van der Waals surface area contributed by atoms with Crippen LogP contribution in [-0.4, -0.2) is 25.0 Å². The van der Waals surface area contributed by atoms with Crippen LogP contribution in [0.4, 0.5) is 5.69 Å². The van der Waals surface area contributed by atoms with E-state index in [9.17, 15) is 4.79 Å². The van der Waals surface area contributed by atoms with E-state index in [0.29, 0.717) is 6.42 Å². The molecule has 2 aliphatic rings. The van der Waals surface area contributed by atoms with Crippen LogP contribution in [0.15, 0.2) is 84.6 Å². The van der Waals surface area contributed by atoms with Gasteiger partial charge in [-0.2, -0.15) is 0 Å². The minimum atomic E-state index is -0.333. The van der Waals surface area contributed by atoms with Crippen LogP contribution in [0.25, 0.3) is 16.5 Å². The second-order valence-electron chi connectivity index (χ2n) is 9.07. The molecule has 1 aliphatic heterocycles. The van der Waals surface area contributed by atoms with E-state index in [-0.39, 0.29) is 17.7 Å². The Labute approximate surface area is 204 Å². The molecule has 5 nitrogen and oxygen atoms in total. The molecule has 3 aromatic carbocycles. The Morgan fingerprint density at radius 1 is 0.914 bits per heavy atom. The fourth-order valence-corrected chi connectivity index (χ4v) is 5.59. The molecule has 0 amide bonds. The van der Waals surface area contributed by atoms with E-state index in [1.54, 1.807) is 14.2 Å². The van der Waals surface area contributed by atoms with Crippen molar-refractivity contribution in [3.8, 4) is 11.5 Å². The van der Waals surface area contributed by atoms with Crippen LogP contribution in [0.3, 0.4) is 0 Å². The van der Waals surface area contributed by atoms with Crippen molar-refractivity contribution in [3.05, 3.63) is 101 Å². The Bertz CT molecular complexity index is 1480. The molecule has 0 fully saturated rings. The van der Waals surface area contributed by atoms with Crippen LogP contribution < -0.4 is 14.8 Å². The molecule has 0 radical (unpaired) electrons. The smallest absolute Gasteiger partial charge is 0.162 e. The lowest BCUT2D eigenvalue weighted by Crippen LogP contribution is -2.30. The molecule has 1 aromatic heterocycles. The number of allylic oxidation sites excluding steroid dienone is 1. The van der Waals surface area contributed by atoms with Gasteiger partial charge >= 0.3 is 0 Å². The summed E-state index contributed by atoms with van der Waals surface area (Å²) in [6.45, 7) is 0. The van der Waals surface area contributed by atoms with Crippen molar-refractivity contribution in [1.29, 1.82) is 0 Å². The van der Waals surface area contributed by atoms with Crippen LogP contribution in [-0.2, 0) is 4.79 Å². The fraction of sp³-hybridized carbons (Fsp3) is 0.200. The predicted octanol–water partition coefficient (Wildman–Crippen LogP) is 6.32. The number of Topliss-reactive ketones (excluding diaryl/α,β-unsaturated/α-hetero) is 1. The molecular formula is C30H26N2O3. The zero-order valence-electron chi connectivity index (χ0n) is 19.7. The zero-order valence-corrected chi connectivity index (χ0v) is 19.7. The van der Waals surface area contributed by atoms with Gasteiger partial charge in [0, 0.05) is 40.4 Å². The second-order valence-corrected chi connectivity index (χ2v) is 9.07. The monoisotopic (exact) mass is 462 g/mol. The zero-order chi connectivity index (χ0) is 23.9. The molecule has 0 spiro atoms. The molecule has 35 heavy (non-hydrogen) atoms. The highest BCUT2D eigenvalue weighted by molar-refractivity contribution is 6.12. The Hall–Kier alpha value is -4.12. The first-order valence-electron chi connectivity index (χ1n) is 11.9. The number of fused-ring (bicyclic) bond motifs is 4. The first-order chi connectivity index (χ1) is 17.2. The molecule has 2 heterocycles. The highest BCUT2D eigenvalue weighted by atomic mass is 16.5. The van der Waals surface area contributed by atoms with E-state index in [1.165, 1.54) is 5.56 Å². The minimum absolute atomic E-state index is 0.133. The third-order valence-corrected chi connectivity index (χ3v) is 7.20. The number of hydrogen-bond acceptors (Lipinski definition) is 5. The number of hydrogen-bond donors (Lipinski definition) is 1. The van der Waals surface area contributed by atoms with Crippen LogP contribution in [0, 0.1) is 0 Å². The molecule has 4 aromatic rings.